The first-order valence-corrected chi connectivity index (χ1v) is 9.63. The molecule has 3 heterocycles. The maximum absolute atomic E-state index is 13.2. The van der Waals surface area contributed by atoms with E-state index in [9.17, 15) is 9.90 Å². The van der Waals surface area contributed by atoms with E-state index in [4.69, 9.17) is 0 Å². The van der Waals surface area contributed by atoms with Crippen molar-refractivity contribution < 1.29 is 9.90 Å². The van der Waals surface area contributed by atoms with E-state index in [1.807, 2.05) is 30.5 Å². The number of fused-ring (bicyclic) bond motifs is 3. The number of aliphatic hydroxyl groups excluding tert-OH is 1. The van der Waals surface area contributed by atoms with Crippen LogP contribution < -0.4 is 9.80 Å². The molecule has 1 aromatic heterocycles. The normalized spacial score (nSPS) is 19.6. The molecule has 2 aliphatic heterocycles. The summed E-state index contributed by atoms with van der Waals surface area (Å²) in [5.41, 5.74) is 2.16. The van der Waals surface area contributed by atoms with Gasteiger partial charge in [0, 0.05) is 31.0 Å². The van der Waals surface area contributed by atoms with Gasteiger partial charge in [0.2, 0.25) is 0 Å². The summed E-state index contributed by atoms with van der Waals surface area (Å²) in [6, 6.07) is 7.78. The van der Waals surface area contributed by atoms with E-state index in [0.717, 1.165) is 36.5 Å². The van der Waals surface area contributed by atoms with Crippen molar-refractivity contribution in [2.75, 3.05) is 29.1 Å². The van der Waals surface area contributed by atoms with Gasteiger partial charge in [-0.15, -0.1) is 0 Å². The van der Waals surface area contributed by atoms with Crippen LogP contribution in [-0.4, -0.2) is 46.4 Å². The summed E-state index contributed by atoms with van der Waals surface area (Å²) >= 11 is 1.48. The first-order valence-electron chi connectivity index (χ1n) is 8.40. The molecular formula is C18H20N4O2S. The molecule has 0 aliphatic carbocycles. The van der Waals surface area contributed by atoms with Crippen LogP contribution in [0.2, 0.25) is 0 Å². The number of amides is 1. The minimum absolute atomic E-state index is 0.0395. The van der Waals surface area contributed by atoms with Crippen LogP contribution >= 0.6 is 11.8 Å². The van der Waals surface area contributed by atoms with Gasteiger partial charge in [0.15, 0.2) is 5.16 Å². The molecule has 7 heteroatoms. The van der Waals surface area contributed by atoms with Crippen LogP contribution in [0.1, 0.15) is 28.8 Å². The number of carbonyl (C=O) groups excluding carboxylic acids is 1. The fourth-order valence-electron chi connectivity index (χ4n) is 3.61. The van der Waals surface area contributed by atoms with E-state index in [1.165, 1.54) is 11.8 Å². The Morgan fingerprint density at radius 1 is 1.40 bits per heavy atom. The minimum Gasteiger partial charge on any atom is -0.392 e. The van der Waals surface area contributed by atoms with Gasteiger partial charge in [-0.1, -0.05) is 23.9 Å². The van der Waals surface area contributed by atoms with Gasteiger partial charge in [-0.05, 0) is 36.8 Å². The molecule has 1 aromatic carbocycles. The molecule has 2 aliphatic rings. The minimum atomic E-state index is -0.0767. The van der Waals surface area contributed by atoms with Crippen molar-refractivity contribution in [2.45, 2.75) is 30.6 Å². The zero-order valence-electron chi connectivity index (χ0n) is 14.1. The average Bonchev–Trinajstić information content (AvgIpc) is 3.09. The van der Waals surface area contributed by atoms with Gasteiger partial charge in [0.1, 0.15) is 11.4 Å². The number of carbonyl (C=O) groups is 1. The summed E-state index contributed by atoms with van der Waals surface area (Å²) in [5, 5.41) is 10.1. The molecule has 0 spiro atoms. The van der Waals surface area contributed by atoms with Crippen LogP contribution in [0.4, 0.5) is 11.5 Å². The third-order valence-electron chi connectivity index (χ3n) is 4.85. The van der Waals surface area contributed by atoms with Crippen molar-refractivity contribution in [3.8, 4) is 0 Å². The third-order valence-corrected chi connectivity index (χ3v) is 5.41. The van der Waals surface area contributed by atoms with Crippen LogP contribution in [-0.2, 0) is 6.61 Å². The molecule has 4 rings (SSSR count). The van der Waals surface area contributed by atoms with Gasteiger partial charge in [-0.25, -0.2) is 9.97 Å². The van der Waals surface area contributed by atoms with E-state index < -0.39 is 0 Å². The Bertz CT molecular complexity index is 813. The second-order valence-electron chi connectivity index (χ2n) is 6.33. The van der Waals surface area contributed by atoms with Gasteiger partial charge >= 0.3 is 0 Å². The van der Waals surface area contributed by atoms with E-state index in [0.29, 0.717) is 17.3 Å². The Morgan fingerprint density at radius 2 is 2.28 bits per heavy atom. The molecule has 0 radical (unpaired) electrons. The molecule has 1 atom stereocenters. The quantitative estimate of drug-likeness (QED) is 0.672. The Hall–Kier alpha value is -2.12. The van der Waals surface area contributed by atoms with E-state index in [2.05, 4.69) is 14.9 Å². The fraction of sp³-hybridized carbons (Fsp3) is 0.389. The summed E-state index contributed by atoms with van der Waals surface area (Å²) in [7, 11) is 0. The maximum atomic E-state index is 13.2. The molecule has 0 saturated carbocycles. The van der Waals surface area contributed by atoms with E-state index >= 15 is 0 Å². The smallest absolute Gasteiger partial charge is 0.263 e. The third kappa shape index (κ3) is 2.87. The van der Waals surface area contributed by atoms with Gasteiger partial charge in [0.05, 0.1) is 6.61 Å². The highest BCUT2D eigenvalue weighted by Gasteiger charge is 2.37. The number of nitrogens with zero attached hydrogens (tertiary/aromatic N) is 4. The highest BCUT2D eigenvalue weighted by molar-refractivity contribution is 7.98. The molecule has 130 valence electrons. The lowest BCUT2D eigenvalue weighted by Gasteiger charge is -2.27. The number of rotatable bonds is 3. The number of aliphatic hydroxyl groups is 1. The Labute approximate surface area is 150 Å². The van der Waals surface area contributed by atoms with Crippen molar-refractivity contribution in [3.63, 3.8) is 0 Å². The molecule has 2 aromatic rings. The summed E-state index contributed by atoms with van der Waals surface area (Å²) in [4.78, 5) is 26.2. The largest absolute Gasteiger partial charge is 0.392 e. The topological polar surface area (TPSA) is 69.6 Å². The number of thioether (sulfide) groups is 1. The predicted octanol–water partition coefficient (Wildman–Crippen LogP) is 2.32. The highest BCUT2D eigenvalue weighted by atomic mass is 32.2. The summed E-state index contributed by atoms with van der Waals surface area (Å²) in [6.45, 7) is 1.50. The van der Waals surface area contributed by atoms with Crippen LogP contribution in [0.25, 0.3) is 0 Å². The highest BCUT2D eigenvalue weighted by Crippen LogP contribution is 2.34. The molecule has 1 amide bonds. The number of benzene rings is 1. The summed E-state index contributed by atoms with van der Waals surface area (Å²) in [6.07, 6.45) is 5.73. The second-order valence-corrected chi connectivity index (χ2v) is 7.10. The second kappa shape index (κ2) is 6.65. The van der Waals surface area contributed by atoms with Crippen molar-refractivity contribution in [1.29, 1.82) is 0 Å². The SMILES string of the molecule is CSc1ncc2c(n1)N1CCCC1CN(c1cccc(CO)c1)C2=O. The molecule has 1 saturated heterocycles. The monoisotopic (exact) mass is 356 g/mol. The number of anilines is 2. The van der Waals surface area contributed by atoms with Crippen LogP contribution in [0.5, 0.6) is 0 Å². The van der Waals surface area contributed by atoms with E-state index in [1.54, 1.807) is 11.1 Å². The maximum Gasteiger partial charge on any atom is 0.263 e. The van der Waals surface area contributed by atoms with Crippen LogP contribution in [0.3, 0.4) is 0 Å². The zero-order valence-corrected chi connectivity index (χ0v) is 14.9. The lowest BCUT2D eigenvalue weighted by atomic mass is 10.1. The predicted molar refractivity (Wildman–Crippen MR) is 98.2 cm³/mol. The standard InChI is InChI=1S/C18H20N4O2S/c1-25-18-19-9-15-16(20-18)21-7-3-6-14(21)10-22(17(15)24)13-5-2-4-12(8-13)11-23/h2,4-5,8-9,14,23H,3,6-7,10-11H2,1H3. The lowest BCUT2D eigenvalue weighted by Crippen LogP contribution is -2.39. The van der Waals surface area contributed by atoms with Crippen molar-refractivity contribution in [2.24, 2.45) is 0 Å². The Morgan fingerprint density at radius 3 is 3.08 bits per heavy atom. The van der Waals surface area contributed by atoms with Crippen LogP contribution in [0.15, 0.2) is 35.6 Å². The first kappa shape index (κ1) is 16.4. The summed E-state index contributed by atoms with van der Waals surface area (Å²) in [5.74, 6) is 0.680. The van der Waals surface area contributed by atoms with Gasteiger partial charge in [-0.2, -0.15) is 0 Å². The van der Waals surface area contributed by atoms with Gasteiger partial charge in [0.25, 0.3) is 5.91 Å². The molecule has 25 heavy (non-hydrogen) atoms. The molecule has 1 N–H and O–H groups in total. The van der Waals surface area contributed by atoms with E-state index in [-0.39, 0.29) is 18.6 Å². The van der Waals surface area contributed by atoms with Crippen molar-refractivity contribution in [3.05, 3.63) is 41.6 Å². The average molecular weight is 356 g/mol. The lowest BCUT2D eigenvalue weighted by molar-refractivity contribution is 0.0988. The van der Waals surface area contributed by atoms with Gasteiger partial charge < -0.3 is 14.9 Å². The number of hydrogen-bond acceptors (Lipinski definition) is 6. The fourth-order valence-corrected chi connectivity index (χ4v) is 3.95. The Balaban J connectivity index is 1.81. The molecular weight excluding hydrogens is 336 g/mol. The molecule has 6 nitrogen and oxygen atoms in total. The summed E-state index contributed by atoms with van der Waals surface area (Å²) < 4.78 is 0. The van der Waals surface area contributed by atoms with Crippen LogP contribution in [0, 0.1) is 0 Å². The van der Waals surface area contributed by atoms with Gasteiger partial charge in [-0.3, -0.25) is 4.79 Å². The molecule has 0 bridgehead atoms. The van der Waals surface area contributed by atoms with Crippen molar-refractivity contribution in [1.82, 2.24) is 9.97 Å². The zero-order chi connectivity index (χ0) is 17.4. The number of aromatic nitrogens is 2. The molecule has 1 unspecified atom stereocenters. The van der Waals surface area contributed by atoms with Crippen molar-refractivity contribution >= 4 is 29.2 Å². The Kier molecular flexibility index (Phi) is 4.35. The number of hydrogen-bond donors (Lipinski definition) is 1. The molecule has 1 fully saturated rings. The first-order chi connectivity index (χ1) is 12.2.